The van der Waals surface area contributed by atoms with Crippen LogP contribution in [0.3, 0.4) is 0 Å². The SMILES string of the molecule is C[C@]12CCC3C(CC=C4CC(O)CC[C@@H]43)C1CC[C@@H]2N. The van der Waals surface area contributed by atoms with Gasteiger partial charge in [-0.25, -0.2) is 0 Å². The molecule has 3 fully saturated rings. The number of hydrogen-bond acceptors (Lipinski definition) is 2. The van der Waals surface area contributed by atoms with E-state index in [9.17, 15) is 5.11 Å². The maximum absolute atomic E-state index is 9.91. The Kier molecular flexibility index (Phi) is 3.05. The highest BCUT2D eigenvalue weighted by atomic mass is 16.3. The van der Waals surface area contributed by atoms with Crippen LogP contribution in [0.1, 0.15) is 58.3 Å². The second kappa shape index (κ2) is 4.58. The lowest BCUT2D eigenvalue weighted by molar-refractivity contribution is -0.00471. The first-order valence-corrected chi connectivity index (χ1v) is 8.72. The lowest BCUT2D eigenvalue weighted by Crippen LogP contribution is -2.49. The highest BCUT2D eigenvalue weighted by molar-refractivity contribution is 5.20. The molecule has 0 radical (unpaired) electrons. The summed E-state index contributed by atoms with van der Waals surface area (Å²) in [5.41, 5.74) is 8.46. The van der Waals surface area contributed by atoms with Gasteiger partial charge in [-0.05, 0) is 80.5 Å². The first kappa shape index (κ1) is 13.3. The van der Waals surface area contributed by atoms with Crippen molar-refractivity contribution in [2.45, 2.75) is 70.4 Å². The van der Waals surface area contributed by atoms with Crippen LogP contribution in [0.4, 0.5) is 0 Å². The van der Waals surface area contributed by atoms with E-state index in [0.717, 1.165) is 36.5 Å². The first-order valence-electron chi connectivity index (χ1n) is 8.72. The fourth-order valence-electron chi connectivity index (χ4n) is 6.29. The lowest BCUT2D eigenvalue weighted by Gasteiger charge is -2.53. The number of hydrogen-bond donors (Lipinski definition) is 2. The minimum Gasteiger partial charge on any atom is -0.393 e. The van der Waals surface area contributed by atoms with Crippen LogP contribution >= 0.6 is 0 Å². The maximum Gasteiger partial charge on any atom is 0.0577 e. The van der Waals surface area contributed by atoms with Crippen LogP contribution < -0.4 is 5.73 Å². The Hall–Kier alpha value is -0.340. The van der Waals surface area contributed by atoms with E-state index in [4.69, 9.17) is 5.73 Å². The van der Waals surface area contributed by atoms with E-state index in [1.54, 1.807) is 5.57 Å². The van der Waals surface area contributed by atoms with Crippen molar-refractivity contribution >= 4 is 0 Å². The van der Waals surface area contributed by atoms with Gasteiger partial charge in [0.05, 0.1) is 6.10 Å². The Balaban J connectivity index is 1.62. The van der Waals surface area contributed by atoms with Crippen LogP contribution in [0, 0.1) is 29.1 Å². The molecule has 0 heterocycles. The van der Waals surface area contributed by atoms with Crippen LogP contribution in [-0.2, 0) is 0 Å². The summed E-state index contributed by atoms with van der Waals surface area (Å²) in [5, 5.41) is 9.91. The second-order valence-corrected chi connectivity index (χ2v) is 8.22. The molecular weight excluding hydrogens is 246 g/mol. The molecule has 0 saturated heterocycles. The normalized spacial score (nSPS) is 54.6. The van der Waals surface area contributed by atoms with Gasteiger partial charge in [-0.15, -0.1) is 0 Å². The predicted octanol–water partition coefficient (Wildman–Crippen LogP) is 3.25. The molecule has 7 atom stereocenters. The molecule has 0 aromatic heterocycles. The van der Waals surface area contributed by atoms with Gasteiger partial charge in [-0.1, -0.05) is 18.6 Å². The summed E-state index contributed by atoms with van der Waals surface area (Å²) in [7, 11) is 0. The third-order valence-electron chi connectivity index (χ3n) is 7.49. The zero-order valence-corrected chi connectivity index (χ0v) is 12.7. The lowest BCUT2D eigenvalue weighted by atomic mass is 9.52. The summed E-state index contributed by atoms with van der Waals surface area (Å²) in [5.74, 6) is 3.43. The molecule has 4 unspecified atom stereocenters. The van der Waals surface area contributed by atoms with E-state index >= 15 is 0 Å². The van der Waals surface area contributed by atoms with Gasteiger partial charge < -0.3 is 10.8 Å². The molecule has 0 amide bonds. The van der Waals surface area contributed by atoms with Crippen molar-refractivity contribution in [3.8, 4) is 0 Å². The van der Waals surface area contributed by atoms with Crippen molar-refractivity contribution < 1.29 is 5.11 Å². The molecule has 0 spiro atoms. The number of aliphatic hydroxyl groups is 1. The molecule has 2 nitrogen and oxygen atoms in total. The van der Waals surface area contributed by atoms with E-state index in [1.165, 1.54) is 38.5 Å². The summed E-state index contributed by atoms with van der Waals surface area (Å²) in [4.78, 5) is 0. The van der Waals surface area contributed by atoms with Gasteiger partial charge in [-0.2, -0.15) is 0 Å². The van der Waals surface area contributed by atoms with Crippen LogP contribution in [-0.4, -0.2) is 17.3 Å². The highest BCUT2D eigenvalue weighted by Gasteiger charge is 2.54. The van der Waals surface area contributed by atoms with E-state index < -0.39 is 0 Å². The van der Waals surface area contributed by atoms with E-state index in [0.29, 0.717) is 11.5 Å². The third kappa shape index (κ3) is 1.77. The number of rotatable bonds is 0. The molecule has 0 aliphatic heterocycles. The van der Waals surface area contributed by atoms with Crippen molar-refractivity contribution in [1.29, 1.82) is 0 Å². The molecule has 0 aromatic carbocycles. The highest BCUT2D eigenvalue weighted by Crippen LogP contribution is 2.60. The van der Waals surface area contributed by atoms with Gasteiger partial charge in [-0.3, -0.25) is 0 Å². The summed E-state index contributed by atoms with van der Waals surface area (Å²) in [6, 6.07) is 0.437. The molecular formula is C18H29NO. The molecule has 20 heavy (non-hydrogen) atoms. The molecule has 3 N–H and O–H groups in total. The average Bonchev–Trinajstić information content (AvgIpc) is 2.74. The van der Waals surface area contributed by atoms with Crippen molar-refractivity contribution in [2.75, 3.05) is 0 Å². The monoisotopic (exact) mass is 275 g/mol. The molecule has 4 aliphatic rings. The van der Waals surface area contributed by atoms with Gasteiger partial charge in [0.25, 0.3) is 0 Å². The van der Waals surface area contributed by atoms with Crippen LogP contribution in [0.5, 0.6) is 0 Å². The molecule has 3 saturated carbocycles. The number of fused-ring (bicyclic) bond motifs is 5. The fourth-order valence-corrected chi connectivity index (χ4v) is 6.29. The minimum absolute atomic E-state index is 0.0668. The molecule has 0 bridgehead atoms. The first-order chi connectivity index (χ1) is 9.59. The average molecular weight is 275 g/mol. The maximum atomic E-state index is 9.91. The smallest absolute Gasteiger partial charge is 0.0577 e. The second-order valence-electron chi connectivity index (χ2n) is 8.22. The van der Waals surface area contributed by atoms with Gasteiger partial charge >= 0.3 is 0 Å². The Labute approximate surface area is 122 Å². The molecule has 112 valence electrons. The minimum atomic E-state index is -0.0668. The number of nitrogens with two attached hydrogens (primary N) is 1. The molecule has 0 aromatic rings. The van der Waals surface area contributed by atoms with Crippen molar-refractivity contribution in [2.24, 2.45) is 34.8 Å². The Morgan fingerprint density at radius 1 is 1.15 bits per heavy atom. The summed E-state index contributed by atoms with van der Waals surface area (Å²) in [6.07, 6.45) is 12.2. The topological polar surface area (TPSA) is 46.2 Å². The van der Waals surface area contributed by atoms with Gasteiger partial charge in [0.2, 0.25) is 0 Å². The Morgan fingerprint density at radius 2 is 2.00 bits per heavy atom. The predicted molar refractivity (Wildman–Crippen MR) is 81.1 cm³/mol. The standard InChI is InChI=1S/C18H29NO/c1-18-9-8-14-13-5-3-12(20)10-11(13)2-4-15(14)16(18)6-7-17(18)19/h2,12-17,20H,3-10,19H2,1H3/t12?,13-,14?,15?,16?,17-,18-/m0/s1. The van der Waals surface area contributed by atoms with Crippen LogP contribution in [0.25, 0.3) is 0 Å². The van der Waals surface area contributed by atoms with E-state index in [2.05, 4.69) is 13.0 Å². The van der Waals surface area contributed by atoms with Crippen LogP contribution in [0.15, 0.2) is 11.6 Å². The third-order valence-corrected chi connectivity index (χ3v) is 7.49. The summed E-state index contributed by atoms with van der Waals surface area (Å²) < 4.78 is 0. The fraction of sp³-hybridized carbons (Fsp3) is 0.889. The van der Waals surface area contributed by atoms with Crippen molar-refractivity contribution in [1.82, 2.24) is 0 Å². The zero-order valence-electron chi connectivity index (χ0n) is 12.7. The Bertz CT molecular complexity index is 431. The number of allylic oxidation sites excluding steroid dienone is 1. The van der Waals surface area contributed by atoms with Crippen molar-refractivity contribution in [3.63, 3.8) is 0 Å². The van der Waals surface area contributed by atoms with E-state index in [-0.39, 0.29) is 6.10 Å². The van der Waals surface area contributed by atoms with E-state index in [1.807, 2.05) is 0 Å². The van der Waals surface area contributed by atoms with Gasteiger partial charge in [0, 0.05) is 6.04 Å². The Morgan fingerprint density at radius 3 is 2.85 bits per heavy atom. The van der Waals surface area contributed by atoms with Gasteiger partial charge in [0.1, 0.15) is 0 Å². The van der Waals surface area contributed by atoms with Gasteiger partial charge in [0.15, 0.2) is 0 Å². The molecule has 4 aliphatic carbocycles. The molecule has 2 heteroatoms. The largest absolute Gasteiger partial charge is 0.393 e. The molecule has 4 rings (SSSR count). The zero-order chi connectivity index (χ0) is 13.9. The summed E-state index contributed by atoms with van der Waals surface area (Å²) >= 11 is 0. The number of aliphatic hydroxyl groups excluding tert-OH is 1. The quantitative estimate of drug-likeness (QED) is 0.667. The summed E-state index contributed by atoms with van der Waals surface area (Å²) in [6.45, 7) is 2.47. The van der Waals surface area contributed by atoms with Crippen molar-refractivity contribution in [3.05, 3.63) is 11.6 Å². The van der Waals surface area contributed by atoms with Crippen LogP contribution in [0.2, 0.25) is 0 Å².